The number of nitrogens with zero attached hydrogens (tertiary/aromatic N) is 2. The van der Waals surface area contributed by atoms with Gasteiger partial charge in [0.25, 0.3) is 11.5 Å². The fourth-order valence-electron chi connectivity index (χ4n) is 5.62. The van der Waals surface area contributed by atoms with Gasteiger partial charge >= 0.3 is 0 Å². The number of amides is 4. The molecule has 0 aromatic carbocycles. The molecule has 41 heavy (non-hydrogen) atoms. The van der Waals surface area contributed by atoms with Gasteiger partial charge in [0.05, 0.1) is 6.17 Å². The van der Waals surface area contributed by atoms with Gasteiger partial charge in [-0.15, -0.1) is 0 Å². The van der Waals surface area contributed by atoms with E-state index in [2.05, 4.69) is 38.4 Å². The third kappa shape index (κ3) is 9.22. The highest BCUT2D eigenvalue weighted by molar-refractivity contribution is 6.36. The molecule has 0 saturated carbocycles. The predicted molar refractivity (Wildman–Crippen MR) is 153 cm³/mol. The number of hydrogen-bond donors (Lipinski definition) is 5. The molecule has 2 saturated heterocycles. The minimum Gasteiger partial charge on any atom is -0.353 e. The summed E-state index contributed by atoms with van der Waals surface area (Å²) in [5, 5.41) is 13.4. The van der Waals surface area contributed by atoms with Gasteiger partial charge in [-0.2, -0.15) is 0 Å². The molecule has 5 N–H and O–H groups in total. The molecule has 13 nitrogen and oxygen atoms in total. The van der Waals surface area contributed by atoms with Crippen molar-refractivity contribution in [1.82, 2.24) is 30.7 Å². The highest BCUT2D eigenvalue weighted by Crippen LogP contribution is 2.32. The van der Waals surface area contributed by atoms with E-state index in [1.54, 1.807) is 13.1 Å². The lowest BCUT2D eigenvalue weighted by Crippen LogP contribution is -2.59. The van der Waals surface area contributed by atoms with Gasteiger partial charge < -0.3 is 31.2 Å². The highest BCUT2D eigenvalue weighted by Gasteiger charge is 2.36. The molecule has 2 fully saturated rings. The highest BCUT2D eigenvalue weighted by atomic mass is 16.2. The van der Waals surface area contributed by atoms with Crippen molar-refractivity contribution < 1.29 is 24.0 Å². The molecule has 5 atom stereocenters. The second-order valence-electron chi connectivity index (χ2n) is 10.9. The average molecular weight is 574 g/mol. The predicted octanol–water partition coefficient (Wildman–Crippen LogP) is -0.439. The summed E-state index contributed by atoms with van der Waals surface area (Å²) in [4.78, 5) is 77.6. The Bertz CT molecular complexity index is 1170. The maximum absolute atomic E-state index is 13.1. The number of likely N-dealkylation sites (N-methyl/N-ethyl adjacent to an activating group) is 1. The van der Waals surface area contributed by atoms with Crippen LogP contribution in [0.25, 0.3) is 0 Å². The van der Waals surface area contributed by atoms with Gasteiger partial charge in [0.15, 0.2) is 0 Å². The topological polar surface area (TPSA) is 171 Å². The first-order valence-corrected chi connectivity index (χ1v) is 14.4. The maximum Gasteiger partial charge on any atom is 0.287 e. The summed E-state index contributed by atoms with van der Waals surface area (Å²) in [5.41, 5.74) is -0.645. The monoisotopic (exact) mass is 573 g/mol. The number of hydrogen-bond acceptors (Lipinski definition) is 8. The Kier molecular flexibility index (Phi) is 12.0. The van der Waals surface area contributed by atoms with Crippen LogP contribution < -0.4 is 32.1 Å². The lowest BCUT2D eigenvalue weighted by Gasteiger charge is -2.47. The zero-order chi connectivity index (χ0) is 29.9. The van der Waals surface area contributed by atoms with Crippen molar-refractivity contribution >= 4 is 35.1 Å². The lowest BCUT2D eigenvalue weighted by atomic mass is 9.82. The first-order valence-electron chi connectivity index (χ1n) is 14.4. The first-order chi connectivity index (χ1) is 19.6. The summed E-state index contributed by atoms with van der Waals surface area (Å²) in [6, 6.07) is 1.80. The molecule has 1 aromatic heterocycles. The molecular weight excluding hydrogens is 530 g/mol. The van der Waals surface area contributed by atoms with Gasteiger partial charge in [-0.25, -0.2) is 0 Å². The van der Waals surface area contributed by atoms with Crippen molar-refractivity contribution in [2.45, 2.75) is 70.6 Å². The standard InChI is InChI=1S/C28H43N7O6/c1-18-15-19-7-5-13-34(16-19)25(18)33-24(38)17-35-14-6-8-21(28(35)41)32-26(39)20(10-11-22(36)27(40)30-3)31-23(37)9-4-12-29-2/h6,8,14,18-20,25,29H,4-5,7,9-13,15-17H2,1-3H3,(H,30,40)(H,31,37)(H,32,39)(H,33,38)/t18?,19?,20-,25?/m0/s1. The summed E-state index contributed by atoms with van der Waals surface area (Å²) in [5.74, 6) is -1.94. The average Bonchev–Trinajstić information content (AvgIpc) is 2.94. The van der Waals surface area contributed by atoms with Crippen molar-refractivity contribution in [3.8, 4) is 0 Å². The van der Waals surface area contributed by atoms with E-state index in [1.807, 2.05) is 0 Å². The number of piperidine rings is 2. The van der Waals surface area contributed by atoms with Crippen LogP contribution >= 0.6 is 0 Å². The largest absolute Gasteiger partial charge is 0.353 e. The van der Waals surface area contributed by atoms with E-state index in [0.29, 0.717) is 24.8 Å². The molecule has 4 unspecified atom stereocenters. The van der Waals surface area contributed by atoms with Crippen LogP contribution in [-0.2, 0) is 30.5 Å². The zero-order valence-corrected chi connectivity index (χ0v) is 24.2. The number of ketones is 1. The summed E-state index contributed by atoms with van der Waals surface area (Å²) in [6.45, 7) is 4.44. The molecule has 3 heterocycles. The van der Waals surface area contributed by atoms with Crippen molar-refractivity contribution in [3.05, 3.63) is 28.7 Å². The lowest BCUT2D eigenvalue weighted by molar-refractivity contribution is -0.138. The number of anilines is 1. The second kappa shape index (κ2) is 15.4. The van der Waals surface area contributed by atoms with E-state index in [9.17, 15) is 28.8 Å². The number of aromatic nitrogens is 1. The normalized spacial score (nSPS) is 22.2. The molecule has 2 aliphatic heterocycles. The van der Waals surface area contributed by atoms with E-state index in [1.165, 1.54) is 30.3 Å². The number of nitrogens with one attached hydrogen (secondary N) is 5. The van der Waals surface area contributed by atoms with Crippen LogP contribution in [-0.4, -0.2) is 84.8 Å². The van der Waals surface area contributed by atoms with Crippen LogP contribution in [0.2, 0.25) is 0 Å². The van der Waals surface area contributed by atoms with Crippen LogP contribution in [0.4, 0.5) is 5.69 Å². The molecule has 1 aromatic rings. The second-order valence-corrected chi connectivity index (χ2v) is 10.9. The van der Waals surface area contributed by atoms with Crippen LogP contribution in [0.5, 0.6) is 0 Å². The number of fused-ring (bicyclic) bond motifs is 2. The van der Waals surface area contributed by atoms with E-state index in [-0.39, 0.29) is 43.6 Å². The Morgan fingerprint density at radius 1 is 1.10 bits per heavy atom. The van der Waals surface area contributed by atoms with Gasteiger partial charge in [0, 0.05) is 39.2 Å². The molecular formula is C28H43N7O6. The summed E-state index contributed by atoms with van der Waals surface area (Å²) in [6.07, 6.45) is 5.08. The number of carbonyl (C=O) groups excluding carboxylic acids is 5. The van der Waals surface area contributed by atoms with Gasteiger partial charge in [0.1, 0.15) is 18.3 Å². The summed E-state index contributed by atoms with van der Waals surface area (Å²) < 4.78 is 1.22. The molecule has 3 rings (SSSR count). The van der Waals surface area contributed by atoms with Crippen LogP contribution in [0.15, 0.2) is 23.1 Å². The van der Waals surface area contributed by atoms with E-state index in [4.69, 9.17) is 0 Å². The zero-order valence-electron chi connectivity index (χ0n) is 24.2. The fraction of sp³-hybridized carbons (Fsp3) is 0.643. The fourth-order valence-corrected chi connectivity index (χ4v) is 5.62. The Morgan fingerprint density at radius 3 is 2.61 bits per heavy atom. The van der Waals surface area contributed by atoms with E-state index in [0.717, 1.165) is 25.9 Å². The number of Topliss-reactive ketones (excluding diaryl/α,β-unsaturated/α-hetero) is 1. The van der Waals surface area contributed by atoms with Crippen molar-refractivity contribution in [2.75, 3.05) is 39.0 Å². The number of rotatable bonds is 14. The minimum absolute atomic E-state index is 0.0673. The smallest absolute Gasteiger partial charge is 0.287 e. The van der Waals surface area contributed by atoms with Crippen molar-refractivity contribution in [2.24, 2.45) is 11.8 Å². The SMILES string of the molecule is CNCCCC(=O)N[C@@H](CCC(=O)C(=O)NC)C(=O)Nc1cccn(CC(=O)NC2C(C)CC3CCCN2C3)c1=O. The van der Waals surface area contributed by atoms with Gasteiger partial charge in [-0.1, -0.05) is 6.92 Å². The molecule has 13 heteroatoms. The summed E-state index contributed by atoms with van der Waals surface area (Å²) >= 11 is 0. The van der Waals surface area contributed by atoms with E-state index < -0.39 is 35.1 Å². The molecule has 2 bridgehead atoms. The number of carbonyl (C=O) groups is 5. The third-order valence-electron chi connectivity index (χ3n) is 7.71. The quantitative estimate of drug-likeness (QED) is 0.147. The Hall–Kier alpha value is -3.58. The molecule has 4 amide bonds. The molecule has 0 spiro atoms. The van der Waals surface area contributed by atoms with Crippen molar-refractivity contribution in [3.63, 3.8) is 0 Å². The van der Waals surface area contributed by atoms with Gasteiger partial charge in [-0.05, 0) is 69.7 Å². The maximum atomic E-state index is 13.1. The molecule has 0 radical (unpaired) electrons. The molecule has 2 aliphatic rings. The van der Waals surface area contributed by atoms with Crippen LogP contribution in [0, 0.1) is 11.8 Å². The van der Waals surface area contributed by atoms with Gasteiger partial charge in [-0.3, -0.25) is 33.7 Å². The Labute approximate surface area is 240 Å². The minimum atomic E-state index is -1.15. The molecule has 226 valence electrons. The van der Waals surface area contributed by atoms with Crippen LogP contribution in [0.3, 0.4) is 0 Å². The van der Waals surface area contributed by atoms with Crippen molar-refractivity contribution in [1.29, 1.82) is 0 Å². The van der Waals surface area contributed by atoms with Gasteiger partial charge in [0.2, 0.25) is 23.5 Å². The Balaban J connectivity index is 1.65. The Morgan fingerprint density at radius 2 is 1.88 bits per heavy atom. The first kappa shape index (κ1) is 31.9. The van der Waals surface area contributed by atoms with Crippen LogP contribution in [0.1, 0.15) is 51.9 Å². The van der Waals surface area contributed by atoms with E-state index >= 15 is 0 Å². The summed E-state index contributed by atoms with van der Waals surface area (Å²) in [7, 11) is 3.08. The number of pyridine rings is 1. The molecule has 0 aliphatic carbocycles. The third-order valence-corrected chi connectivity index (χ3v) is 7.71.